The molecular formula is C12H18N2O2. The van der Waals surface area contributed by atoms with Gasteiger partial charge in [0.1, 0.15) is 6.26 Å². The van der Waals surface area contributed by atoms with E-state index in [1.807, 2.05) is 11.9 Å². The van der Waals surface area contributed by atoms with E-state index in [1.54, 1.807) is 6.07 Å². The summed E-state index contributed by atoms with van der Waals surface area (Å²) >= 11 is 0. The number of carbonyl (C=O) groups is 1. The van der Waals surface area contributed by atoms with E-state index >= 15 is 0 Å². The number of hydrogen-bond donors (Lipinski definition) is 1. The van der Waals surface area contributed by atoms with Crippen molar-refractivity contribution in [3.63, 3.8) is 0 Å². The maximum absolute atomic E-state index is 12.0. The molecule has 4 nitrogen and oxygen atoms in total. The van der Waals surface area contributed by atoms with Gasteiger partial charge in [0.2, 0.25) is 0 Å². The summed E-state index contributed by atoms with van der Waals surface area (Å²) in [4.78, 5) is 13.8. The Morgan fingerprint density at radius 2 is 2.12 bits per heavy atom. The zero-order valence-corrected chi connectivity index (χ0v) is 9.56. The Labute approximate surface area is 95.4 Å². The van der Waals surface area contributed by atoms with E-state index < -0.39 is 0 Å². The minimum Gasteiger partial charge on any atom is -0.472 e. The van der Waals surface area contributed by atoms with Crippen molar-refractivity contribution in [2.24, 2.45) is 5.73 Å². The van der Waals surface area contributed by atoms with E-state index in [0.29, 0.717) is 17.6 Å². The Morgan fingerprint density at radius 1 is 1.44 bits per heavy atom. The number of amides is 1. The number of nitrogens with two attached hydrogens (primary N) is 1. The third-order valence-corrected chi connectivity index (χ3v) is 3.38. The molecule has 1 fully saturated rings. The van der Waals surface area contributed by atoms with Crippen LogP contribution in [0.25, 0.3) is 0 Å². The van der Waals surface area contributed by atoms with Gasteiger partial charge in [0.05, 0.1) is 11.8 Å². The van der Waals surface area contributed by atoms with Crippen molar-refractivity contribution in [3.8, 4) is 0 Å². The molecule has 0 aliphatic heterocycles. The quantitative estimate of drug-likeness (QED) is 0.827. The molecule has 0 aromatic carbocycles. The molecule has 2 rings (SSSR count). The summed E-state index contributed by atoms with van der Waals surface area (Å²) < 4.78 is 4.92. The molecule has 0 saturated heterocycles. The zero-order valence-electron chi connectivity index (χ0n) is 9.56. The molecule has 1 aliphatic rings. The lowest BCUT2D eigenvalue weighted by Gasteiger charge is -2.33. The highest BCUT2D eigenvalue weighted by atomic mass is 16.3. The molecule has 1 aromatic rings. The van der Waals surface area contributed by atoms with E-state index in [9.17, 15) is 4.79 Å². The number of furan rings is 1. The summed E-state index contributed by atoms with van der Waals surface area (Å²) in [6.07, 6.45) is 7.04. The number of carbonyl (C=O) groups excluding carboxylic acids is 1. The molecule has 1 aromatic heterocycles. The fourth-order valence-corrected chi connectivity index (χ4v) is 2.24. The number of nitrogens with zero attached hydrogens (tertiary/aromatic N) is 1. The lowest BCUT2D eigenvalue weighted by atomic mass is 9.91. The molecular weight excluding hydrogens is 204 g/mol. The first-order valence-electron chi connectivity index (χ1n) is 5.73. The lowest BCUT2D eigenvalue weighted by Crippen LogP contribution is -2.41. The van der Waals surface area contributed by atoms with Crippen molar-refractivity contribution in [3.05, 3.63) is 24.2 Å². The number of hydrogen-bond acceptors (Lipinski definition) is 3. The van der Waals surface area contributed by atoms with Crippen molar-refractivity contribution in [2.75, 3.05) is 7.05 Å². The van der Waals surface area contributed by atoms with Gasteiger partial charge in [-0.2, -0.15) is 0 Å². The van der Waals surface area contributed by atoms with E-state index in [2.05, 4.69) is 0 Å². The van der Waals surface area contributed by atoms with Crippen molar-refractivity contribution < 1.29 is 9.21 Å². The van der Waals surface area contributed by atoms with Gasteiger partial charge in [-0.25, -0.2) is 0 Å². The molecule has 0 spiro atoms. The van der Waals surface area contributed by atoms with Gasteiger partial charge in [0.25, 0.3) is 5.91 Å². The molecule has 1 amide bonds. The standard InChI is InChI=1S/C12H18N2O2/c1-14(11-4-2-10(13)3-5-11)12(15)9-6-7-16-8-9/h6-8,10-11H,2-5,13H2,1H3. The second-order valence-corrected chi connectivity index (χ2v) is 4.50. The van der Waals surface area contributed by atoms with Crippen LogP contribution < -0.4 is 5.73 Å². The molecule has 0 atom stereocenters. The second kappa shape index (κ2) is 4.70. The smallest absolute Gasteiger partial charge is 0.257 e. The normalized spacial score (nSPS) is 25.4. The summed E-state index contributed by atoms with van der Waals surface area (Å²) in [5.41, 5.74) is 6.47. The topological polar surface area (TPSA) is 59.5 Å². The molecule has 2 N–H and O–H groups in total. The van der Waals surface area contributed by atoms with Crippen LogP contribution in [0.3, 0.4) is 0 Å². The highest BCUT2D eigenvalue weighted by molar-refractivity contribution is 5.93. The van der Waals surface area contributed by atoms with Gasteiger partial charge in [-0.1, -0.05) is 0 Å². The molecule has 0 radical (unpaired) electrons. The van der Waals surface area contributed by atoms with Gasteiger partial charge in [0.15, 0.2) is 0 Å². The van der Waals surface area contributed by atoms with E-state index in [-0.39, 0.29) is 5.91 Å². The van der Waals surface area contributed by atoms with Crippen molar-refractivity contribution in [1.82, 2.24) is 4.90 Å². The maximum atomic E-state index is 12.0. The van der Waals surface area contributed by atoms with E-state index in [4.69, 9.17) is 10.2 Å². The van der Waals surface area contributed by atoms with Crippen LogP contribution in [-0.4, -0.2) is 29.9 Å². The van der Waals surface area contributed by atoms with Crippen LogP contribution in [-0.2, 0) is 0 Å². The van der Waals surface area contributed by atoms with Crippen molar-refractivity contribution >= 4 is 5.91 Å². The van der Waals surface area contributed by atoms with Crippen molar-refractivity contribution in [1.29, 1.82) is 0 Å². The summed E-state index contributed by atoms with van der Waals surface area (Å²) in [7, 11) is 1.86. The second-order valence-electron chi connectivity index (χ2n) is 4.50. The van der Waals surface area contributed by atoms with Gasteiger partial charge < -0.3 is 15.1 Å². The summed E-state index contributed by atoms with van der Waals surface area (Å²) in [5.74, 6) is 0.0363. The molecule has 88 valence electrons. The minimum atomic E-state index is 0.0363. The Kier molecular flexibility index (Phi) is 3.29. The molecule has 16 heavy (non-hydrogen) atoms. The number of rotatable bonds is 2. The molecule has 0 unspecified atom stereocenters. The third-order valence-electron chi connectivity index (χ3n) is 3.38. The molecule has 1 heterocycles. The fraction of sp³-hybridized carbons (Fsp3) is 0.583. The van der Waals surface area contributed by atoms with Gasteiger partial charge in [-0.15, -0.1) is 0 Å². The Balaban J connectivity index is 1.97. The van der Waals surface area contributed by atoms with E-state index in [1.165, 1.54) is 12.5 Å². The Morgan fingerprint density at radius 3 is 2.69 bits per heavy atom. The van der Waals surface area contributed by atoms with Gasteiger partial charge in [-0.05, 0) is 31.7 Å². The van der Waals surface area contributed by atoms with Gasteiger partial charge in [-0.3, -0.25) is 4.79 Å². The van der Waals surface area contributed by atoms with Crippen LogP contribution >= 0.6 is 0 Å². The summed E-state index contributed by atoms with van der Waals surface area (Å²) in [6, 6.07) is 2.34. The highest BCUT2D eigenvalue weighted by Crippen LogP contribution is 2.22. The molecule has 1 aliphatic carbocycles. The predicted molar refractivity (Wildman–Crippen MR) is 61.0 cm³/mol. The summed E-state index contributed by atoms with van der Waals surface area (Å²) in [5, 5.41) is 0. The van der Waals surface area contributed by atoms with Gasteiger partial charge >= 0.3 is 0 Å². The highest BCUT2D eigenvalue weighted by Gasteiger charge is 2.25. The van der Waals surface area contributed by atoms with Crippen LogP contribution in [0.5, 0.6) is 0 Å². The largest absolute Gasteiger partial charge is 0.472 e. The van der Waals surface area contributed by atoms with Crippen LogP contribution in [0, 0.1) is 0 Å². The SMILES string of the molecule is CN(C(=O)c1ccoc1)C1CCC(N)CC1. The first-order chi connectivity index (χ1) is 7.68. The summed E-state index contributed by atoms with van der Waals surface area (Å²) in [6.45, 7) is 0. The lowest BCUT2D eigenvalue weighted by molar-refractivity contribution is 0.0689. The average molecular weight is 222 g/mol. The van der Waals surface area contributed by atoms with Crippen molar-refractivity contribution in [2.45, 2.75) is 37.8 Å². The third kappa shape index (κ3) is 2.27. The van der Waals surface area contributed by atoms with Crippen LogP contribution in [0.1, 0.15) is 36.0 Å². The zero-order chi connectivity index (χ0) is 11.5. The average Bonchev–Trinajstić information content (AvgIpc) is 2.81. The van der Waals surface area contributed by atoms with E-state index in [0.717, 1.165) is 25.7 Å². The first kappa shape index (κ1) is 11.2. The Bertz CT molecular complexity index is 340. The Hall–Kier alpha value is -1.29. The fourth-order valence-electron chi connectivity index (χ4n) is 2.24. The van der Waals surface area contributed by atoms with Crippen LogP contribution in [0.15, 0.2) is 23.0 Å². The predicted octanol–water partition coefficient (Wildman–Crippen LogP) is 1.62. The first-order valence-corrected chi connectivity index (χ1v) is 5.73. The van der Waals surface area contributed by atoms with Gasteiger partial charge in [0, 0.05) is 19.1 Å². The minimum absolute atomic E-state index is 0.0363. The molecule has 1 saturated carbocycles. The van der Waals surface area contributed by atoms with Crippen LogP contribution in [0.4, 0.5) is 0 Å². The van der Waals surface area contributed by atoms with Crippen LogP contribution in [0.2, 0.25) is 0 Å². The molecule has 0 bridgehead atoms. The monoisotopic (exact) mass is 222 g/mol. The maximum Gasteiger partial charge on any atom is 0.257 e. The molecule has 4 heteroatoms.